The number of ether oxygens (including phenoxy) is 1. The summed E-state index contributed by atoms with van der Waals surface area (Å²) < 4.78 is 29.2. The van der Waals surface area contributed by atoms with E-state index in [0.29, 0.717) is 17.9 Å². The summed E-state index contributed by atoms with van der Waals surface area (Å²) in [7, 11) is -2.98. The highest BCUT2D eigenvalue weighted by molar-refractivity contribution is 7.91. The van der Waals surface area contributed by atoms with Gasteiger partial charge in [-0.05, 0) is 37.8 Å². The molecule has 106 valence electrons. The monoisotopic (exact) mass is 283 g/mol. The van der Waals surface area contributed by atoms with Gasteiger partial charge in [-0.1, -0.05) is 12.1 Å². The largest absolute Gasteiger partial charge is 0.488 e. The van der Waals surface area contributed by atoms with Crippen LogP contribution in [-0.4, -0.2) is 26.0 Å². The highest BCUT2D eigenvalue weighted by atomic mass is 32.2. The molecule has 1 aliphatic rings. The van der Waals surface area contributed by atoms with E-state index in [1.54, 1.807) is 6.07 Å². The molecule has 1 aromatic carbocycles. The molecule has 0 bridgehead atoms. The van der Waals surface area contributed by atoms with Crippen LogP contribution in [0.25, 0.3) is 0 Å². The first-order valence-electron chi connectivity index (χ1n) is 6.58. The first-order valence-corrected chi connectivity index (χ1v) is 8.54. The number of sulfone groups is 1. The zero-order valence-corrected chi connectivity index (χ0v) is 12.2. The number of nitrogens with two attached hydrogens (primary N) is 1. The van der Waals surface area contributed by atoms with Crippen LogP contribution >= 0.6 is 0 Å². The lowest BCUT2D eigenvalue weighted by atomic mass is 9.97. The van der Waals surface area contributed by atoms with Crippen LogP contribution in [0.2, 0.25) is 0 Å². The van der Waals surface area contributed by atoms with Crippen molar-refractivity contribution in [3.05, 3.63) is 23.8 Å². The highest BCUT2D eigenvalue weighted by Crippen LogP contribution is 2.32. The van der Waals surface area contributed by atoms with Gasteiger partial charge in [-0.25, -0.2) is 8.42 Å². The maximum atomic E-state index is 11.6. The second kappa shape index (κ2) is 5.41. The second-order valence-corrected chi connectivity index (χ2v) is 7.68. The fourth-order valence-electron chi connectivity index (χ4n) is 2.60. The van der Waals surface area contributed by atoms with E-state index in [2.05, 4.69) is 0 Å². The summed E-state index contributed by atoms with van der Waals surface area (Å²) in [5, 5.41) is -0.281. The molecule has 0 aliphatic heterocycles. The van der Waals surface area contributed by atoms with Gasteiger partial charge in [0.25, 0.3) is 0 Å². The molecule has 4 nitrogen and oxygen atoms in total. The van der Waals surface area contributed by atoms with Crippen molar-refractivity contribution in [2.75, 3.05) is 12.0 Å². The molecule has 1 aromatic rings. The summed E-state index contributed by atoms with van der Waals surface area (Å²) in [5.74, 6) is 0.696. The van der Waals surface area contributed by atoms with E-state index in [-0.39, 0.29) is 11.4 Å². The molecule has 0 heterocycles. The minimum Gasteiger partial charge on any atom is -0.488 e. The third kappa shape index (κ3) is 3.41. The summed E-state index contributed by atoms with van der Waals surface area (Å²) in [6.07, 6.45) is 4.32. The molecule has 2 atom stereocenters. The number of nitrogen functional groups attached to an aromatic ring is 1. The van der Waals surface area contributed by atoms with Gasteiger partial charge in [-0.3, -0.25) is 0 Å². The molecule has 0 saturated heterocycles. The van der Waals surface area contributed by atoms with Crippen LogP contribution in [0.5, 0.6) is 5.75 Å². The van der Waals surface area contributed by atoms with Gasteiger partial charge in [0.05, 0.1) is 10.9 Å². The molecule has 1 aliphatic carbocycles. The summed E-state index contributed by atoms with van der Waals surface area (Å²) in [4.78, 5) is 0. The van der Waals surface area contributed by atoms with Gasteiger partial charge in [-0.15, -0.1) is 0 Å². The molecule has 5 heteroatoms. The Hall–Kier alpha value is -1.23. The van der Waals surface area contributed by atoms with Gasteiger partial charge >= 0.3 is 0 Å². The second-order valence-electron chi connectivity index (χ2n) is 5.35. The number of hydrogen-bond acceptors (Lipinski definition) is 4. The van der Waals surface area contributed by atoms with Crippen LogP contribution < -0.4 is 10.5 Å². The van der Waals surface area contributed by atoms with Crippen molar-refractivity contribution < 1.29 is 13.2 Å². The van der Waals surface area contributed by atoms with Gasteiger partial charge in [-0.2, -0.15) is 0 Å². The van der Waals surface area contributed by atoms with Crippen molar-refractivity contribution in [2.45, 2.75) is 44.0 Å². The van der Waals surface area contributed by atoms with E-state index in [4.69, 9.17) is 10.5 Å². The van der Waals surface area contributed by atoms with Crippen molar-refractivity contribution in [1.29, 1.82) is 0 Å². The van der Waals surface area contributed by atoms with Crippen LogP contribution in [0.3, 0.4) is 0 Å². The molecule has 1 saturated carbocycles. The summed E-state index contributed by atoms with van der Waals surface area (Å²) in [6.45, 7) is 1.95. The number of benzene rings is 1. The molecule has 0 amide bonds. The Balaban J connectivity index is 2.11. The summed E-state index contributed by atoms with van der Waals surface area (Å²) >= 11 is 0. The zero-order valence-electron chi connectivity index (χ0n) is 11.4. The Bertz CT molecular complexity index is 534. The highest BCUT2D eigenvalue weighted by Gasteiger charge is 2.30. The molecule has 0 radical (unpaired) electrons. The molecule has 2 rings (SSSR count). The van der Waals surface area contributed by atoms with Crippen molar-refractivity contribution in [3.8, 4) is 5.75 Å². The SMILES string of the molecule is Cc1cccc(N)c1OC1CCCC(S(C)(=O)=O)C1. The van der Waals surface area contributed by atoms with Crippen molar-refractivity contribution in [2.24, 2.45) is 0 Å². The maximum Gasteiger partial charge on any atom is 0.150 e. The third-order valence-electron chi connectivity index (χ3n) is 3.71. The van der Waals surface area contributed by atoms with E-state index in [0.717, 1.165) is 24.8 Å². The lowest BCUT2D eigenvalue weighted by Gasteiger charge is -2.29. The minimum absolute atomic E-state index is 0.0584. The number of rotatable bonds is 3. The number of anilines is 1. The molecular weight excluding hydrogens is 262 g/mol. The first kappa shape index (κ1) is 14.2. The van der Waals surface area contributed by atoms with Gasteiger partial charge in [0.1, 0.15) is 21.7 Å². The fourth-order valence-corrected chi connectivity index (χ4v) is 3.76. The summed E-state index contributed by atoms with van der Waals surface area (Å²) in [6, 6.07) is 5.64. The third-order valence-corrected chi connectivity index (χ3v) is 5.35. The van der Waals surface area contributed by atoms with E-state index in [1.807, 2.05) is 19.1 Å². The predicted molar refractivity (Wildman–Crippen MR) is 77.1 cm³/mol. The van der Waals surface area contributed by atoms with Crippen molar-refractivity contribution >= 4 is 15.5 Å². The van der Waals surface area contributed by atoms with Gasteiger partial charge in [0, 0.05) is 12.7 Å². The van der Waals surface area contributed by atoms with Crippen LogP contribution in [0.15, 0.2) is 18.2 Å². The smallest absolute Gasteiger partial charge is 0.150 e. The Labute approximate surface area is 114 Å². The van der Waals surface area contributed by atoms with Crippen molar-refractivity contribution in [3.63, 3.8) is 0 Å². The lowest BCUT2D eigenvalue weighted by molar-refractivity contribution is 0.156. The maximum absolute atomic E-state index is 11.6. The topological polar surface area (TPSA) is 69.4 Å². The Morgan fingerprint density at radius 2 is 2.05 bits per heavy atom. The van der Waals surface area contributed by atoms with Crippen LogP contribution in [0, 0.1) is 6.92 Å². The minimum atomic E-state index is -2.98. The van der Waals surface area contributed by atoms with E-state index >= 15 is 0 Å². The molecule has 1 fully saturated rings. The normalized spacial score (nSPS) is 24.1. The predicted octanol–water partition coefficient (Wildman–Crippen LogP) is 2.31. The van der Waals surface area contributed by atoms with Crippen LogP contribution in [0.1, 0.15) is 31.2 Å². The lowest BCUT2D eigenvalue weighted by Crippen LogP contribution is -2.33. The molecule has 0 spiro atoms. The van der Waals surface area contributed by atoms with Crippen LogP contribution in [0.4, 0.5) is 5.69 Å². The standard InChI is InChI=1S/C14H21NO3S/c1-10-5-3-8-13(15)14(10)18-11-6-4-7-12(9-11)19(2,16)17/h3,5,8,11-12H,4,6-7,9,15H2,1-2H3. The Kier molecular flexibility index (Phi) is 4.04. The molecule has 2 N–H and O–H groups in total. The Morgan fingerprint density at radius 3 is 2.68 bits per heavy atom. The van der Waals surface area contributed by atoms with E-state index < -0.39 is 9.84 Å². The number of aryl methyl sites for hydroxylation is 1. The molecule has 2 unspecified atom stereocenters. The van der Waals surface area contributed by atoms with Crippen molar-refractivity contribution in [1.82, 2.24) is 0 Å². The quantitative estimate of drug-likeness (QED) is 0.864. The average molecular weight is 283 g/mol. The summed E-state index contributed by atoms with van der Waals surface area (Å²) in [5.41, 5.74) is 7.52. The average Bonchev–Trinajstić information content (AvgIpc) is 2.33. The molecule has 0 aromatic heterocycles. The zero-order chi connectivity index (χ0) is 14.0. The van der Waals surface area contributed by atoms with Gasteiger partial charge < -0.3 is 10.5 Å². The van der Waals surface area contributed by atoms with E-state index in [9.17, 15) is 8.42 Å². The van der Waals surface area contributed by atoms with E-state index in [1.165, 1.54) is 6.26 Å². The first-order chi connectivity index (χ1) is 8.88. The number of hydrogen-bond donors (Lipinski definition) is 1. The fraction of sp³-hybridized carbons (Fsp3) is 0.571. The van der Waals surface area contributed by atoms with Gasteiger partial charge in [0.15, 0.2) is 0 Å². The molecular formula is C14H21NO3S. The molecule has 19 heavy (non-hydrogen) atoms. The van der Waals surface area contributed by atoms with Gasteiger partial charge in [0.2, 0.25) is 0 Å². The van der Waals surface area contributed by atoms with Crippen LogP contribution in [-0.2, 0) is 9.84 Å². The number of para-hydroxylation sites is 1. The Morgan fingerprint density at radius 1 is 1.32 bits per heavy atom.